The van der Waals surface area contributed by atoms with Crippen LogP contribution in [0.1, 0.15) is 5.56 Å². The van der Waals surface area contributed by atoms with Crippen molar-refractivity contribution >= 4 is 23.3 Å². The Balaban J connectivity index is 2.00. The van der Waals surface area contributed by atoms with Gasteiger partial charge in [0.15, 0.2) is 11.5 Å². The summed E-state index contributed by atoms with van der Waals surface area (Å²) in [6.07, 6.45) is 1.63. The van der Waals surface area contributed by atoms with Gasteiger partial charge in [0, 0.05) is 19.6 Å². The molecule has 0 atom stereocenters. The van der Waals surface area contributed by atoms with E-state index in [0.717, 1.165) is 38.4 Å². The van der Waals surface area contributed by atoms with Crippen LogP contribution in [-0.4, -0.2) is 56.5 Å². The highest BCUT2D eigenvalue weighted by Crippen LogP contribution is 2.29. The first-order chi connectivity index (χ1) is 11.6. The number of rotatable bonds is 7. The molecule has 0 aromatic heterocycles. The fourth-order valence-corrected chi connectivity index (χ4v) is 2.43. The van der Waals surface area contributed by atoms with E-state index in [0.29, 0.717) is 18.1 Å². The third-order valence-electron chi connectivity index (χ3n) is 3.65. The first-order valence-electron chi connectivity index (χ1n) is 7.66. The van der Waals surface area contributed by atoms with Crippen LogP contribution < -0.4 is 15.2 Å². The third-order valence-corrected chi connectivity index (χ3v) is 3.87. The van der Waals surface area contributed by atoms with Crippen LogP contribution in [0.5, 0.6) is 11.5 Å². The average Bonchev–Trinajstić information content (AvgIpc) is 2.61. The van der Waals surface area contributed by atoms with Crippen molar-refractivity contribution in [2.75, 3.05) is 46.6 Å². The molecule has 1 saturated heterocycles. The Morgan fingerprint density at radius 3 is 2.79 bits per heavy atom. The lowest BCUT2D eigenvalue weighted by molar-refractivity contribution is 0.0321. The Labute approximate surface area is 147 Å². The largest absolute Gasteiger partial charge is 0.493 e. The summed E-state index contributed by atoms with van der Waals surface area (Å²) in [5.74, 6) is 1.27. The Morgan fingerprint density at radius 2 is 2.17 bits per heavy atom. The summed E-state index contributed by atoms with van der Waals surface area (Å²) in [5, 5.41) is 9.02. The van der Waals surface area contributed by atoms with Crippen molar-refractivity contribution < 1.29 is 14.2 Å². The number of morpholine rings is 1. The summed E-state index contributed by atoms with van der Waals surface area (Å²) in [7, 11) is 1.58. The number of hydrogen-bond acceptors (Lipinski definition) is 6. The zero-order valence-electron chi connectivity index (χ0n) is 13.7. The monoisotopic (exact) mass is 347 g/mol. The molecule has 0 unspecified atom stereocenters. The lowest BCUT2D eigenvalue weighted by atomic mass is 10.1. The predicted molar refractivity (Wildman–Crippen MR) is 96.1 cm³/mol. The highest BCUT2D eigenvalue weighted by atomic mass is 32.1. The fraction of sp³-hybridized carbons (Fsp3) is 0.412. The number of thiocarbonyl (C=S) groups is 1. The molecule has 1 aliphatic rings. The number of nitrogens with two attached hydrogens (primary N) is 1. The molecule has 6 nitrogen and oxygen atoms in total. The van der Waals surface area contributed by atoms with Gasteiger partial charge in [0.2, 0.25) is 0 Å². The average molecular weight is 347 g/mol. The van der Waals surface area contributed by atoms with Crippen LogP contribution in [0.4, 0.5) is 0 Å². The van der Waals surface area contributed by atoms with Crippen LogP contribution in [0.25, 0.3) is 6.08 Å². The topological polar surface area (TPSA) is 80.7 Å². The summed E-state index contributed by atoms with van der Waals surface area (Å²) in [6.45, 7) is 4.82. The second-order valence-corrected chi connectivity index (χ2v) is 5.69. The second-order valence-electron chi connectivity index (χ2n) is 5.25. The molecule has 0 amide bonds. The maximum atomic E-state index is 9.02. The van der Waals surface area contributed by atoms with Gasteiger partial charge in [-0.3, -0.25) is 4.90 Å². The molecule has 0 radical (unpaired) electrons. The Bertz CT molecular complexity index is 649. The van der Waals surface area contributed by atoms with Gasteiger partial charge in [-0.1, -0.05) is 18.3 Å². The van der Waals surface area contributed by atoms with Gasteiger partial charge in [-0.25, -0.2) is 0 Å². The van der Waals surface area contributed by atoms with Gasteiger partial charge >= 0.3 is 0 Å². The Morgan fingerprint density at radius 1 is 1.42 bits per heavy atom. The molecule has 2 N–H and O–H groups in total. The van der Waals surface area contributed by atoms with E-state index in [2.05, 4.69) is 4.90 Å². The maximum absolute atomic E-state index is 9.02. The van der Waals surface area contributed by atoms with Gasteiger partial charge in [0.1, 0.15) is 17.7 Å². The molecule has 1 aliphatic heterocycles. The van der Waals surface area contributed by atoms with Crippen LogP contribution in [0, 0.1) is 11.3 Å². The molecule has 0 spiro atoms. The first-order valence-corrected chi connectivity index (χ1v) is 8.07. The lowest BCUT2D eigenvalue weighted by Gasteiger charge is -2.26. The van der Waals surface area contributed by atoms with Crippen LogP contribution in [0.15, 0.2) is 23.8 Å². The quantitative estimate of drug-likeness (QED) is 0.456. The molecule has 1 fully saturated rings. The van der Waals surface area contributed by atoms with Crippen LogP contribution in [0.2, 0.25) is 0 Å². The summed E-state index contributed by atoms with van der Waals surface area (Å²) in [4.78, 5) is 2.37. The molecule has 24 heavy (non-hydrogen) atoms. The summed E-state index contributed by atoms with van der Waals surface area (Å²) < 4.78 is 16.5. The summed E-state index contributed by atoms with van der Waals surface area (Å²) in [5.41, 5.74) is 6.54. The van der Waals surface area contributed by atoms with Crippen LogP contribution in [-0.2, 0) is 4.74 Å². The third kappa shape index (κ3) is 5.20. The summed E-state index contributed by atoms with van der Waals surface area (Å²) in [6, 6.07) is 7.42. The molecule has 7 heteroatoms. The van der Waals surface area contributed by atoms with E-state index >= 15 is 0 Å². The number of nitriles is 1. The minimum absolute atomic E-state index is 0.0716. The molecule has 1 aromatic carbocycles. The van der Waals surface area contributed by atoms with E-state index in [1.165, 1.54) is 0 Å². The smallest absolute Gasteiger partial charge is 0.161 e. The van der Waals surface area contributed by atoms with Gasteiger partial charge in [-0.2, -0.15) is 5.26 Å². The zero-order chi connectivity index (χ0) is 17.4. The van der Waals surface area contributed by atoms with E-state index in [1.807, 2.05) is 18.2 Å². The van der Waals surface area contributed by atoms with Crippen molar-refractivity contribution in [3.8, 4) is 17.6 Å². The lowest BCUT2D eigenvalue weighted by Crippen LogP contribution is -2.38. The number of benzene rings is 1. The van der Waals surface area contributed by atoms with Gasteiger partial charge < -0.3 is 19.9 Å². The predicted octanol–water partition coefficient (Wildman–Crippen LogP) is 1.60. The van der Waals surface area contributed by atoms with Gasteiger partial charge in [0.25, 0.3) is 0 Å². The standard InChI is InChI=1S/C17H21N3O3S/c1-21-16-11-13(10-14(12-18)17(19)24)2-3-15(16)23-9-6-20-4-7-22-8-5-20/h2-3,10-11H,4-9H2,1H3,(H2,19,24). The van der Waals surface area contributed by atoms with E-state index < -0.39 is 0 Å². The Kier molecular flexibility index (Phi) is 7.00. The molecule has 128 valence electrons. The number of ether oxygens (including phenoxy) is 3. The number of nitrogens with zero attached hydrogens (tertiary/aromatic N) is 2. The zero-order valence-corrected chi connectivity index (χ0v) is 14.5. The minimum Gasteiger partial charge on any atom is -0.493 e. The van der Waals surface area contributed by atoms with Crippen LogP contribution in [0.3, 0.4) is 0 Å². The molecule has 0 saturated carbocycles. The van der Waals surface area contributed by atoms with Crippen molar-refractivity contribution in [1.82, 2.24) is 4.90 Å². The normalized spacial score (nSPS) is 15.6. The first kappa shape index (κ1) is 18.2. The second kappa shape index (κ2) is 9.23. The van der Waals surface area contributed by atoms with Crippen molar-refractivity contribution in [3.05, 3.63) is 29.3 Å². The van der Waals surface area contributed by atoms with Gasteiger partial charge in [-0.15, -0.1) is 0 Å². The minimum atomic E-state index is 0.0716. The molecule has 2 rings (SSSR count). The fourth-order valence-electron chi connectivity index (χ4n) is 2.33. The van der Waals surface area contributed by atoms with E-state index in [4.69, 9.17) is 37.4 Å². The van der Waals surface area contributed by atoms with E-state index in [-0.39, 0.29) is 10.6 Å². The molecular formula is C17H21N3O3S. The van der Waals surface area contributed by atoms with E-state index in [9.17, 15) is 0 Å². The van der Waals surface area contributed by atoms with Crippen molar-refractivity contribution in [3.63, 3.8) is 0 Å². The highest BCUT2D eigenvalue weighted by molar-refractivity contribution is 7.80. The number of methoxy groups -OCH3 is 1. The number of hydrogen-bond donors (Lipinski definition) is 1. The maximum Gasteiger partial charge on any atom is 0.161 e. The summed E-state index contributed by atoms with van der Waals surface area (Å²) >= 11 is 4.84. The molecule has 0 aliphatic carbocycles. The van der Waals surface area contributed by atoms with Crippen molar-refractivity contribution in [2.24, 2.45) is 5.73 Å². The SMILES string of the molecule is COc1cc(C=C(C#N)C(N)=S)ccc1OCCN1CCOCC1. The van der Waals surface area contributed by atoms with Crippen molar-refractivity contribution in [1.29, 1.82) is 5.26 Å². The van der Waals surface area contributed by atoms with Crippen molar-refractivity contribution in [2.45, 2.75) is 0 Å². The van der Waals surface area contributed by atoms with Crippen LogP contribution >= 0.6 is 12.2 Å². The van der Waals surface area contributed by atoms with E-state index in [1.54, 1.807) is 19.3 Å². The molecule has 1 heterocycles. The molecular weight excluding hydrogens is 326 g/mol. The Hall–Kier alpha value is -2.14. The van der Waals surface area contributed by atoms with Gasteiger partial charge in [0.05, 0.1) is 25.9 Å². The molecule has 1 aromatic rings. The van der Waals surface area contributed by atoms with Gasteiger partial charge in [-0.05, 0) is 23.8 Å². The molecule has 0 bridgehead atoms. The highest BCUT2D eigenvalue weighted by Gasteiger charge is 2.11.